The Hall–Kier alpha value is -1.06. The number of hydrogen-bond donors (Lipinski definition) is 1. The molecule has 1 unspecified atom stereocenters. The SMILES string of the molecule is c1ccc(N2CCC(NCC3(N4CCCCC4)CCCC3)C2)cc1. The summed E-state index contributed by atoms with van der Waals surface area (Å²) in [6.45, 7) is 6.24. The minimum Gasteiger partial charge on any atom is -0.370 e. The van der Waals surface area contributed by atoms with Crippen LogP contribution in [0.5, 0.6) is 0 Å². The molecule has 1 aromatic rings. The molecule has 2 aliphatic heterocycles. The molecule has 0 bridgehead atoms. The van der Waals surface area contributed by atoms with Crippen LogP contribution in [0.15, 0.2) is 30.3 Å². The molecule has 0 spiro atoms. The molecule has 0 amide bonds. The topological polar surface area (TPSA) is 18.5 Å². The second kappa shape index (κ2) is 7.45. The Morgan fingerprint density at radius 3 is 2.42 bits per heavy atom. The lowest BCUT2D eigenvalue weighted by Gasteiger charge is -2.44. The van der Waals surface area contributed by atoms with E-state index in [0.29, 0.717) is 11.6 Å². The Morgan fingerprint density at radius 2 is 1.67 bits per heavy atom. The highest BCUT2D eigenvalue weighted by molar-refractivity contribution is 5.47. The van der Waals surface area contributed by atoms with E-state index in [1.807, 2.05) is 0 Å². The van der Waals surface area contributed by atoms with Crippen LogP contribution >= 0.6 is 0 Å². The van der Waals surface area contributed by atoms with Gasteiger partial charge in [-0.1, -0.05) is 37.5 Å². The van der Waals surface area contributed by atoms with Crippen molar-refractivity contribution in [2.45, 2.75) is 62.9 Å². The highest BCUT2D eigenvalue weighted by Crippen LogP contribution is 2.36. The van der Waals surface area contributed by atoms with Crippen LogP contribution in [-0.2, 0) is 0 Å². The number of piperidine rings is 1. The predicted octanol–water partition coefficient (Wildman–Crippen LogP) is 3.65. The number of nitrogens with one attached hydrogen (secondary N) is 1. The van der Waals surface area contributed by atoms with Gasteiger partial charge in [0.05, 0.1) is 0 Å². The average Bonchev–Trinajstić information content (AvgIpc) is 3.32. The van der Waals surface area contributed by atoms with E-state index in [1.165, 1.54) is 89.8 Å². The molecule has 1 aliphatic carbocycles. The molecule has 3 nitrogen and oxygen atoms in total. The molecule has 0 radical (unpaired) electrons. The van der Waals surface area contributed by atoms with Crippen molar-refractivity contribution in [3.8, 4) is 0 Å². The van der Waals surface area contributed by atoms with Gasteiger partial charge in [0.25, 0.3) is 0 Å². The van der Waals surface area contributed by atoms with Crippen molar-refractivity contribution in [3.05, 3.63) is 30.3 Å². The third kappa shape index (κ3) is 3.48. The third-order valence-electron chi connectivity index (χ3n) is 6.59. The van der Waals surface area contributed by atoms with Gasteiger partial charge in [-0.25, -0.2) is 0 Å². The molecule has 1 saturated carbocycles. The molecular weight excluding hydrogens is 294 g/mol. The van der Waals surface area contributed by atoms with Gasteiger partial charge >= 0.3 is 0 Å². The molecule has 3 heteroatoms. The highest BCUT2D eigenvalue weighted by atomic mass is 15.2. The normalized spacial score (nSPS) is 27.7. The van der Waals surface area contributed by atoms with Crippen LogP contribution in [0.4, 0.5) is 5.69 Å². The van der Waals surface area contributed by atoms with E-state index in [9.17, 15) is 0 Å². The van der Waals surface area contributed by atoms with Crippen molar-refractivity contribution >= 4 is 5.69 Å². The smallest absolute Gasteiger partial charge is 0.0366 e. The van der Waals surface area contributed by atoms with Crippen molar-refractivity contribution in [2.24, 2.45) is 0 Å². The summed E-state index contributed by atoms with van der Waals surface area (Å²) >= 11 is 0. The lowest BCUT2D eigenvalue weighted by Crippen LogP contribution is -2.56. The summed E-state index contributed by atoms with van der Waals surface area (Å²) in [6, 6.07) is 11.6. The van der Waals surface area contributed by atoms with E-state index in [0.717, 1.165) is 0 Å². The summed E-state index contributed by atoms with van der Waals surface area (Å²) in [7, 11) is 0. The van der Waals surface area contributed by atoms with Crippen molar-refractivity contribution in [1.29, 1.82) is 0 Å². The summed E-state index contributed by atoms with van der Waals surface area (Å²) < 4.78 is 0. The molecule has 2 saturated heterocycles. The first-order chi connectivity index (χ1) is 11.9. The van der Waals surface area contributed by atoms with Gasteiger partial charge in [-0.2, -0.15) is 0 Å². The lowest BCUT2D eigenvalue weighted by molar-refractivity contribution is 0.0679. The number of benzene rings is 1. The van der Waals surface area contributed by atoms with Crippen molar-refractivity contribution in [3.63, 3.8) is 0 Å². The molecule has 1 aromatic carbocycles. The van der Waals surface area contributed by atoms with Crippen LogP contribution in [0.25, 0.3) is 0 Å². The monoisotopic (exact) mass is 327 g/mol. The minimum atomic E-state index is 0.473. The van der Waals surface area contributed by atoms with Gasteiger partial charge in [0, 0.05) is 36.9 Å². The van der Waals surface area contributed by atoms with Crippen molar-refractivity contribution < 1.29 is 0 Å². The predicted molar refractivity (Wildman–Crippen MR) is 102 cm³/mol. The third-order valence-corrected chi connectivity index (χ3v) is 6.59. The Kier molecular flexibility index (Phi) is 5.09. The molecule has 3 aliphatic rings. The molecule has 132 valence electrons. The maximum absolute atomic E-state index is 3.98. The van der Waals surface area contributed by atoms with E-state index in [2.05, 4.69) is 45.4 Å². The second-order valence-corrected chi connectivity index (χ2v) is 8.13. The lowest BCUT2D eigenvalue weighted by atomic mass is 9.91. The van der Waals surface area contributed by atoms with E-state index >= 15 is 0 Å². The average molecular weight is 328 g/mol. The Labute approximate surface area is 147 Å². The largest absolute Gasteiger partial charge is 0.370 e. The molecule has 1 N–H and O–H groups in total. The zero-order chi connectivity index (χ0) is 16.2. The number of rotatable bonds is 5. The van der Waals surface area contributed by atoms with Crippen LogP contribution in [0.1, 0.15) is 51.4 Å². The summed E-state index contributed by atoms with van der Waals surface area (Å²) in [5, 5.41) is 3.98. The zero-order valence-corrected chi connectivity index (χ0v) is 15.1. The first-order valence-corrected chi connectivity index (χ1v) is 10.1. The molecule has 2 heterocycles. The van der Waals surface area contributed by atoms with Crippen LogP contribution in [0.3, 0.4) is 0 Å². The number of hydrogen-bond acceptors (Lipinski definition) is 3. The first-order valence-electron chi connectivity index (χ1n) is 10.1. The maximum Gasteiger partial charge on any atom is 0.0366 e. The second-order valence-electron chi connectivity index (χ2n) is 8.13. The summed E-state index contributed by atoms with van der Waals surface area (Å²) in [6.07, 6.45) is 11.2. The van der Waals surface area contributed by atoms with Crippen LogP contribution < -0.4 is 10.2 Å². The van der Waals surface area contributed by atoms with Crippen molar-refractivity contribution in [1.82, 2.24) is 10.2 Å². The number of likely N-dealkylation sites (tertiary alicyclic amines) is 1. The number of anilines is 1. The van der Waals surface area contributed by atoms with E-state index in [4.69, 9.17) is 0 Å². The van der Waals surface area contributed by atoms with Crippen LogP contribution in [0, 0.1) is 0 Å². The quantitative estimate of drug-likeness (QED) is 0.890. The van der Waals surface area contributed by atoms with E-state index in [-0.39, 0.29) is 0 Å². The molecule has 3 fully saturated rings. The Bertz CT molecular complexity index is 503. The van der Waals surface area contributed by atoms with Gasteiger partial charge in [-0.15, -0.1) is 0 Å². The number of nitrogens with zero attached hydrogens (tertiary/aromatic N) is 2. The van der Waals surface area contributed by atoms with Gasteiger partial charge in [0.15, 0.2) is 0 Å². The van der Waals surface area contributed by atoms with E-state index in [1.54, 1.807) is 0 Å². The van der Waals surface area contributed by atoms with Gasteiger partial charge < -0.3 is 10.2 Å². The fourth-order valence-electron chi connectivity index (χ4n) is 5.14. The molecular formula is C21H33N3. The van der Waals surface area contributed by atoms with Gasteiger partial charge in [-0.05, 0) is 57.3 Å². The zero-order valence-electron chi connectivity index (χ0n) is 15.1. The Balaban J connectivity index is 1.33. The molecule has 0 aromatic heterocycles. The number of para-hydroxylation sites is 1. The molecule has 1 atom stereocenters. The minimum absolute atomic E-state index is 0.473. The maximum atomic E-state index is 3.98. The van der Waals surface area contributed by atoms with E-state index < -0.39 is 0 Å². The highest BCUT2D eigenvalue weighted by Gasteiger charge is 2.40. The first kappa shape index (κ1) is 16.4. The van der Waals surface area contributed by atoms with Crippen molar-refractivity contribution in [2.75, 3.05) is 37.6 Å². The van der Waals surface area contributed by atoms with Gasteiger partial charge in [-0.3, -0.25) is 4.90 Å². The van der Waals surface area contributed by atoms with Crippen LogP contribution in [0.2, 0.25) is 0 Å². The van der Waals surface area contributed by atoms with Gasteiger partial charge in [0.1, 0.15) is 0 Å². The fourth-order valence-corrected chi connectivity index (χ4v) is 5.14. The standard InChI is InChI=1S/C21H33N3/c1-3-9-20(10-4-1)23-16-11-19(17-23)22-18-21(12-5-6-13-21)24-14-7-2-8-15-24/h1,3-4,9-10,19,22H,2,5-8,11-18H2. The fraction of sp³-hybridized carbons (Fsp3) is 0.714. The molecule has 4 rings (SSSR count). The summed E-state index contributed by atoms with van der Waals surface area (Å²) in [5.41, 5.74) is 1.86. The summed E-state index contributed by atoms with van der Waals surface area (Å²) in [4.78, 5) is 5.39. The summed E-state index contributed by atoms with van der Waals surface area (Å²) in [5.74, 6) is 0. The Morgan fingerprint density at radius 1 is 0.917 bits per heavy atom. The van der Waals surface area contributed by atoms with Crippen LogP contribution in [-0.4, -0.2) is 49.2 Å². The molecule has 24 heavy (non-hydrogen) atoms. The van der Waals surface area contributed by atoms with Gasteiger partial charge in [0.2, 0.25) is 0 Å².